The number of fused-ring (bicyclic) bond motifs is 10. The van der Waals surface area contributed by atoms with Gasteiger partial charge in [-0.05, 0) is 56.8 Å². The number of carbonyl (C=O) groups is 3. The van der Waals surface area contributed by atoms with E-state index in [0.29, 0.717) is 25.7 Å². The molecule has 2 aliphatic heterocycles. The van der Waals surface area contributed by atoms with Crippen molar-refractivity contribution in [2.24, 2.45) is 52.8 Å². The highest BCUT2D eigenvalue weighted by molar-refractivity contribution is 5.91. The average Bonchev–Trinajstić information content (AvgIpc) is 3.59. The largest absolute Gasteiger partial charge is 0.461 e. The van der Waals surface area contributed by atoms with Crippen LogP contribution in [0.4, 0.5) is 0 Å². The average molecular weight is 571 g/mol. The SMILES string of the molecule is C=C1CC[C@H]2C(COC)C(=O)O[C@@H]2C2[C@H]1CC(=O)[C@]21CC[C@]2(O)[C@@H]3[C@H]4OC(=O)C(COC)[C@@H]4CCC(=C)[C@@H]3C[C@]12O. The summed E-state index contributed by atoms with van der Waals surface area (Å²) in [7, 11) is 3.13. The zero-order valence-electron chi connectivity index (χ0n) is 24.0. The summed E-state index contributed by atoms with van der Waals surface area (Å²) in [5.41, 5.74) is -2.89. The Labute approximate surface area is 240 Å². The standard InChI is InChI=1S/C32H42O9/c1-15-5-7-17-21(13-38-3)28(34)40-26(17)24-19(15)11-23(33)30(24)9-10-31(36)25-20(12-32(30,31)37)16(2)6-8-18-22(14-39-4)29(35)41-27(18)25/h17-22,24-27,36-37H,1-2,5-14H2,3-4H3/t17-,18-,19-,20-,21?,22?,24?,25-,26-,27-,30+,31-,32-/m0/s1. The minimum atomic E-state index is -1.79. The first-order valence-electron chi connectivity index (χ1n) is 15.3. The fourth-order valence-corrected chi connectivity index (χ4v) is 11.1. The smallest absolute Gasteiger partial charge is 0.312 e. The second kappa shape index (κ2) is 9.21. The van der Waals surface area contributed by atoms with Gasteiger partial charge >= 0.3 is 11.9 Å². The number of methoxy groups -OCH3 is 2. The van der Waals surface area contributed by atoms with Gasteiger partial charge in [0.05, 0.1) is 30.5 Å². The number of ether oxygens (including phenoxy) is 4. The molecule has 2 heterocycles. The highest BCUT2D eigenvalue weighted by Gasteiger charge is 2.83. The van der Waals surface area contributed by atoms with Crippen LogP contribution in [0.2, 0.25) is 0 Å². The summed E-state index contributed by atoms with van der Waals surface area (Å²) in [5.74, 6) is -3.57. The van der Waals surface area contributed by atoms with Crippen molar-refractivity contribution in [3.8, 4) is 0 Å². The number of allylic oxidation sites excluding steroid dienone is 2. The number of Topliss-reactive ketones (excluding diaryl/α,β-unsaturated/α-hetero) is 1. The lowest BCUT2D eigenvalue weighted by atomic mass is 9.59. The van der Waals surface area contributed by atoms with Crippen LogP contribution in [0.1, 0.15) is 51.4 Å². The Morgan fingerprint density at radius 1 is 0.829 bits per heavy atom. The zero-order chi connectivity index (χ0) is 29.1. The molecule has 0 bridgehead atoms. The Morgan fingerprint density at radius 2 is 1.37 bits per heavy atom. The maximum atomic E-state index is 14.4. The number of hydrogen-bond acceptors (Lipinski definition) is 9. The molecule has 2 saturated heterocycles. The molecule has 7 fully saturated rings. The van der Waals surface area contributed by atoms with Crippen LogP contribution in [0.15, 0.2) is 24.3 Å². The molecular weight excluding hydrogens is 528 g/mol. The van der Waals surface area contributed by atoms with Crippen LogP contribution in [0.3, 0.4) is 0 Å². The van der Waals surface area contributed by atoms with Crippen molar-refractivity contribution < 1.29 is 43.5 Å². The number of rotatable bonds is 4. The van der Waals surface area contributed by atoms with Crippen LogP contribution in [-0.4, -0.2) is 78.8 Å². The quantitative estimate of drug-likeness (QED) is 0.387. The number of esters is 2. The lowest BCUT2D eigenvalue weighted by molar-refractivity contribution is -0.205. The van der Waals surface area contributed by atoms with Gasteiger partial charge in [0.15, 0.2) is 0 Å². The van der Waals surface area contributed by atoms with Gasteiger partial charge in [-0.3, -0.25) is 14.4 Å². The summed E-state index contributed by atoms with van der Waals surface area (Å²) < 4.78 is 22.9. The molecule has 0 radical (unpaired) electrons. The van der Waals surface area contributed by atoms with Crippen molar-refractivity contribution >= 4 is 17.7 Å². The van der Waals surface area contributed by atoms with E-state index in [1.165, 1.54) is 0 Å². The first kappa shape index (κ1) is 27.7. The van der Waals surface area contributed by atoms with Crippen molar-refractivity contribution in [2.75, 3.05) is 27.4 Å². The number of aliphatic hydroxyl groups is 2. The first-order valence-corrected chi connectivity index (χ1v) is 15.3. The molecule has 9 heteroatoms. The van der Waals surface area contributed by atoms with Gasteiger partial charge in [-0.25, -0.2) is 0 Å². The van der Waals surface area contributed by atoms with Gasteiger partial charge in [-0.15, -0.1) is 0 Å². The molecule has 7 rings (SSSR count). The Morgan fingerprint density at radius 3 is 1.93 bits per heavy atom. The summed E-state index contributed by atoms with van der Waals surface area (Å²) >= 11 is 0. The molecule has 0 aromatic heterocycles. The van der Waals surface area contributed by atoms with Crippen molar-refractivity contribution in [1.29, 1.82) is 0 Å². The van der Waals surface area contributed by atoms with Crippen LogP contribution in [0, 0.1) is 52.8 Å². The van der Waals surface area contributed by atoms with Gasteiger partial charge < -0.3 is 29.2 Å². The lowest BCUT2D eigenvalue weighted by Crippen LogP contribution is -2.63. The van der Waals surface area contributed by atoms with Crippen molar-refractivity contribution in [3.63, 3.8) is 0 Å². The lowest BCUT2D eigenvalue weighted by Gasteiger charge is -2.48. The van der Waals surface area contributed by atoms with Crippen LogP contribution in [-0.2, 0) is 33.3 Å². The maximum Gasteiger partial charge on any atom is 0.312 e. The topological polar surface area (TPSA) is 129 Å². The van der Waals surface area contributed by atoms with Crippen LogP contribution in [0.25, 0.3) is 0 Å². The third-order valence-corrected chi connectivity index (χ3v) is 12.8. The van der Waals surface area contributed by atoms with E-state index in [1.807, 2.05) is 0 Å². The van der Waals surface area contributed by atoms with Gasteiger partial charge in [0, 0.05) is 44.3 Å². The third kappa shape index (κ3) is 3.29. The minimum Gasteiger partial charge on any atom is -0.461 e. The Hall–Kier alpha value is -2.07. The van der Waals surface area contributed by atoms with Crippen molar-refractivity contribution in [1.82, 2.24) is 0 Å². The van der Waals surface area contributed by atoms with Crippen LogP contribution >= 0.6 is 0 Å². The molecule has 7 aliphatic rings. The van der Waals surface area contributed by atoms with Gasteiger partial charge in [0.2, 0.25) is 0 Å². The van der Waals surface area contributed by atoms with Gasteiger partial charge in [-0.2, -0.15) is 0 Å². The summed E-state index contributed by atoms with van der Waals surface area (Å²) in [5, 5.41) is 25.8. The molecular formula is C32H42O9. The van der Waals surface area contributed by atoms with Crippen molar-refractivity contribution in [3.05, 3.63) is 24.3 Å². The molecule has 0 amide bonds. The second-order valence-electron chi connectivity index (χ2n) is 14.0. The van der Waals surface area contributed by atoms with Crippen LogP contribution in [0.5, 0.6) is 0 Å². The van der Waals surface area contributed by atoms with E-state index in [4.69, 9.17) is 18.9 Å². The molecule has 0 aromatic rings. The Balaban J connectivity index is 1.33. The summed E-state index contributed by atoms with van der Waals surface area (Å²) in [4.78, 5) is 40.5. The predicted octanol–water partition coefficient (Wildman–Crippen LogP) is 2.38. The molecule has 9 nitrogen and oxygen atoms in total. The van der Waals surface area contributed by atoms with E-state index in [-0.39, 0.29) is 80.3 Å². The summed E-state index contributed by atoms with van der Waals surface area (Å²) in [6.07, 6.45) is 2.41. The van der Waals surface area contributed by atoms with E-state index in [1.54, 1.807) is 14.2 Å². The molecule has 1 spiro atoms. The molecule has 5 saturated carbocycles. The number of ketones is 1. The molecule has 3 unspecified atom stereocenters. The molecule has 2 N–H and O–H groups in total. The Kier molecular flexibility index (Phi) is 6.23. The normalized spacial score (nSPS) is 52.0. The molecule has 41 heavy (non-hydrogen) atoms. The molecule has 5 aliphatic carbocycles. The predicted molar refractivity (Wildman–Crippen MR) is 144 cm³/mol. The van der Waals surface area contributed by atoms with E-state index in [0.717, 1.165) is 11.1 Å². The Bertz CT molecular complexity index is 1210. The van der Waals surface area contributed by atoms with Crippen LogP contribution < -0.4 is 0 Å². The maximum absolute atomic E-state index is 14.4. The fourth-order valence-electron chi connectivity index (χ4n) is 11.1. The highest BCUT2D eigenvalue weighted by Crippen LogP contribution is 2.74. The number of carbonyl (C=O) groups excluding carboxylic acids is 3. The zero-order valence-corrected chi connectivity index (χ0v) is 24.0. The van der Waals surface area contributed by atoms with Crippen molar-refractivity contribution in [2.45, 2.75) is 74.8 Å². The molecule has 13 atom stereocenters. The van der Waals surface area contributed by atoms with Gasteiger partial charge in [0.1, 0.15) is 29.2 Å². The molecule has 224 valence electrons. The minimum absolute atomic E-state index is 0.0849. The van der Waals surface area contributed by atoms with Gasteiger partial charge in [-0.1, -0.05) is 24.3 Å². The first-order chi connectivity index (χ1) is 19.5. The third-order valence-electron chi connectivity index (χ3n) is 12.8. The van der Waals surface area contributed by atoms with E-state index in [9.17, 15) is 24.6 Å². The summed E-state index contributed by atoms with van der Waals surface area (Å²) in [6, 6.07) is 0. The fraction of sp³-hybridized carbons (Fsp3) is 0.781. The summed E-state index contributed by atoms with van der Waals surface area (Å²) in [6.45, 7) is 9.23. The van der Waals surface area contributed by atoms with E-state index >= 15 is 0 Å². The van der Waals surface area contributed by atoms with E-state index < -0.39 is 52.5 Å². The monoisotopic (exact) mass is 570 g/mol. The number of hydrogen-bond donors (Lipinski definition) is 2. The van der Waals surface area contributed by atoms with Gasteiger partial charge in [0.25, 0.3) is 0 Å². The molecule has 0 aromatic carbocycles. The van der Waals surface area contributed by atoms with E-state index in [2.05, 4.69) is 13.2 Å². The highest BCUT2D eigenvalue weighted by atomic mass is 16.6. The second-order valence-corrected chi connectivity index (χ2v) is 14.0.